The molecule has 0 spiro atoms. The number of rotatable bonds is 6. The Kier molecular flexibility index (Phi) is 5.89. The summed E-state index contributed by atoms with van der Waals surface area (Å²) in [5.74, 6) is 0.173. The Morgan fingerprint density at radius 2 is 2.17 bits per heavy atom. The molecule has 0 unspecified atom stereocenters. The average Bonchev–Trinajstić information content (AvgIpc) is 2.81. The van der Waals surface area contributed by atoms with Gasteiger partial charge in [-0.1, -0.05) is 13.3 Å². The molecule has 1 aromatic heterocycles. The molecule has 2 heterocycles. The molecule has 0 bridgehead atoms. The second-order valence-corrected chi connectivity index (χ2v) is 5.50. The van der Waals surface area contributed by atoms with Crippen molar-refractivity contribution in [1.29, 1.82) is 0 Å². The third kappa shape index (κ3) is 3.97. The van der Waals surface area contributed by atoms with Gasteiger partial charge in [0.1, 0.15) is 24.1 Å². The lowest BCUT2D eigenvalue weighted by Gasteiger charge is -2.20. The van der Waals surface area contributed by atoms with Gasteiger partial charge >= 0.3 is 0 Å². The lowest BCUT2D eigenvalue weighted by molar-refractivity contribution is -0.0537. The Morgan fingerprint density at radius 1 is 1.43 bits per heavy atom. The summed E-state index contributed by atoms with van der Waals surface area (Å²) in [5, 5.41) is 39.0. The highest BCUT2D eigenvalue weighted by atomic mass is 16.6. The second-order valence-electron chi connectivity index (χ2n) is 5.50. The van der Waals surface area contributed by atoms with Crippen LogP contribution in [0.3, 0.4) is 0 Å². The molecule has 128 valence electrons. The SMILES string of the molecule is CCCC/C(O)=C\c1nc(=O)ccn1[C@@H]1O[C@H](CO)[C@@H](O)[C@H]1O. The minimum absolute atomic E-state index is 0.0606. The highest BCUT2D eigenvalue weighted by Crippen LogP contribution is 2.30. The zero-order chi connectivity index (χ0) is 17.0. The number of hydrogen-bond acceptors (Lipinski definition) is 7. The van der Waals surface area contributed by atoms with Crippen molar-refractivity contribution in [2.45, 2.75) is 50.7 Å². The van der Waals surface area contributed by atoms with E-state index in [4.69, 9.17) is 9.84 Å². The average molecular weight is 326 g/mol. The summed E-state index contributed by atoms with van der Waals surface area (Å²) in [6, 6.07) is 1.19. The molecule has 23 heavy (non-hydrogen) atoms. The van der Waals surface area contributed by atoms with Gasteiger partial charge in [-0.2, -0.15) is 4.98 Å². The Morgan fingerprint density at radius 3 is 2.78 bits per heavy atom. The van der Waals surface area contributed by atoms with Crippen LogP contribution in [-0.4, -0.2) is 54.9 Å². The van der Waals surface area contributed by atoms with Crippen LogP contribution in [0.15, 0.2) is 22.8 Å². The van der Waals surface area contributed by atoms with Crippen molar-refractivity contribution >= 4 is 6.08 Å². The maximum Gasteiger partial charge on any atom is 0.273 e. The maximum atomic E-state index is 11.5. The molecule has 1 aliphatic heterocycles. The highest BCUT2D eigenvalue weighted by Gasteiger charge is 2.43. The van der Waals surface area contributed by atoms with E-state index in [9.17, 15) is 20.1 Å². The van der Waals surface area contributed by atoms with Crippen LogP contribution in [0.25, 0.3) is 6.08 Å². The van der Waals surface area contributed by atoms with Gasteiger partial charge in [0, 0.05) is 24.8 Å². The minimum atomic E-state index is -1.29. The van der Waals surface area contributed by atoms with Gasteiger partial charge in [0.05, 0.1) is 12.4 Å². The second kappa shape index (κ2) is 7.69. The summed E-state index contributed by atoms with van der Waals surface area (Å²) < 4.78 is 6.78. The third-order valence-corrected chi connectivity index (χ3v) is 3.74. The summed E-state index contributed by atoms with van der Waals surface area (Å²) in [5.41, 5.74) is -0.498. The Balaban J connectivity index is 2.34. The van der Waals surface area contributed by atoms with Gasteiger partial charge in [0.25, 0.3) is 5.56 Å². The fourth-order valence-corrected chi connectivity index (χ4v) is 2.44. The number of ether oxygens (including phenoxy) is 1. The molecule has 0 saturated carbocycles. The molecule has 1 aromatic rings. The first-order valence-corrected chi connectivity index (χ1v) is 7.59. The molecule has 0 amide bonds. The number of aliphatic hydroxyl groups excluding tert-OH is 4. The molecular formula is C15H22N2O6. The normalized spacial score (nSPS) is 28.3. The van der Waals surface area contributed by atoms with Crippen molar-refractivity contribution in [2.75, 3.05) is 6.61 Å². The summed E-state index contributed by atoms with van der Waals surface area (Å²) >= 11 is 0. The topological polar surface area (TPSA) is 125 Å². The lowest BCUT2D eigenvalue weighted by Crippen LogP contribution is -2.33. The van der Waals surface area contributed by atoms with Crippen molar-refractivity contribution in [1.82, 2.24) is 9.55 Å². The molecule has 2 rings (SSSR count). The molecule has 0 aliphatic carbocycles. The largest absolute Gasteiger partial charge is 0.512 e. The monoisotopic (exact) mass is 326 g/mol. The van der Waals surface area contributed by atoms with Crippen LogP contribution < -0.4 is 5.56 Å². The van der Waals surface area contributed by atoms with Crippen LogP contribution in [0.1, 0.15) is 38.2 Å². The molecule has 1 fully saturated rings. The molecule has 4 N–H and O–H groups in total. The van der Waals surface area contributed by atoms with E-state index in [-0.39, 0.29) is 11.6 Å². The van der Waals surface area contributed by atoms with Crippen molar-refractivity contribution in [3.63, 3.8) is 0 Å². The first-order chi connectivity index (χ1) is 11.0. The van der Waals surface area contributed by atoms with Crippen LogP contribution >= 0.6 is 0 Å². The maximum absolute atomic E-state index is 11.5. The van der Waals surface area contributed by atoms with Crippen molar-refractivity contribution in [2.24, 2.45) is 0 Å². The van der Waals surface area contributed by atoms with Gasteiger partial charge < -0.3 is 29.7 Å². The number of aliphatic hydroxyl groups is 4. The minimum Gasteiger partial charge on any atom is -0.512 e. The number of hydrogen-bond donors (Lipinski definition) is 4. The zero-order valence-corrected chi connectivity index (χ0v) is 12.9. The van der Waals surface area contributed by atoms with E-state index in [1.807, 2.05) is 6.92 Å². The van der Waals surface area contributed by atoms with Gasteiger partial charge in [-0.25, -0.2) is 0 Å². The summed E-state index contributed by atoms with van der Waals surface area (Å²) in [4.78, 5) is 15.3. The molecule has 4 atom stereocenters. The van der Waals surface area contributed by atoms with Gasteiger partial charge in [-0.3, -0.25) is 4.79 Å². The predicted octanol–water partition coefficient (Wildman–Crippen LogP) is -0.0561. The smallest absolute Gasteiger partial charge is 0.273 e. The standard InChI is InChI=1S/C15H22N2O6/c1-2-3-4-9(19)7-11-16-12(20)5-6-17(11)15-14(22)13(21)10(8-18)23-15/h5-7,10,13-15,18-19,21-22H,2-4,8H2,1H3/b9-7+/t10-,13-,14-,15-/m1/s1. The molecule has 0 radical (unpaired) electrons. The number of nitrogens with zero attached hydrogens (tertiary/aromatic N) is 2. The number of allylic oxidation sites excluding steroid dienone is 1. The van der Waals surface area contributed by atoms with Crippen LogP contribution in [0.5, 0.6) is 0 Å². The molecular weight excluding hydrogens is 304 g/mol. The van der Waals surface area contributed by atoms with Crippen LogP contribution in [-0.2, 0) is 4.74 Å². The van der Waals surface area contributed by atoms with Gasteiger partial charge in [0.2, 0.25) is 0 Å². The third-order valence-electron chi connectivity index (χ3n) is 3.74. The van der Waals surface area contributed by atoms with E-state index < -0.39 is 36.7 Å². The summed E-state index contributed by atoms with van der Waals surface area (Å²) in [6.45, 7) is 1.54. The van der Waals surface area contributed by atoms with Crippen LogP contribution in [0, 0.1) is 0 Å². The number of unbranched alkanes of at least 4 members (excludes halogenated alkanes) is 1. The lowest BCUT2D eigenvalue weighted by atomic mass is 10.1. The van der Waals surface area contributed by atoms with Crippen LogP contribution in [0.4, 0.5) is 0 Å². The van der Waals surface area contributed by atoms with Gasteiger partial charge in [-0.05, 0) is 6.42 Å². The zero-order valence-electron chi connectivity index (χ0n) is 12.9. The molecule has 1 aliphatic rings. The van der Waals surface area contributed by atoms with E-state index in [0.717, 1.165) is 12.8 Å². The first-order valence-electron chi connectivity index (χ1n) is 7.59. The molecule has 1 saturated heterocycles. The predicted molar refractivity (Wildman–Crippen MR) is 81.6 cm³/mol. The Labute approximate surface area is 133 Å². The van der Waals surface area contributed by atoms with E-state index >= 15 is 0 Å². The van der Waals surface area contributed by atoms with Crippen molar-refractivity contribution in [3.05, 3.63) is 34.2 Å². The first kappa shape index (κ1) is 17.6. The quantitative estimate of drug-likeness (QED) is 0.540. The molecule has 8 nitrogen and oxygen atoms in total. The van der Waals surface area contributed by atoms with E-state index in [1.54, 1.807) is 0 Å². The fraction of sp³-hybridized carbons (Fsp3) is 0.600. The summed E-state index contributed by atoms with van der Waals surface area (Å²) in [7, 11) is 0. The Bertz CT molecular complexity index is 614. The van der Waals surface area contributed by atoms with Crippen molar-refractivity contribution < 1.29 is 25.2 Å². The molecule has 0 aromatic carbocycles. The fourth-order valence-electron chi connectivity index (χ4n) is 2.44. The van der Waals surface area contributed by atoms with Crippen LogP contribution in [0.2, 0.25) is 0 Å². The van der Waals surface area contributed by atoms with Gasteiger partial charge in [-0.15, -0.1) is 0 Å². The van der Waals surface area contributed by atoms with E-state index in [2.05, 4.69) is 4.98 Å². The number of aromatic nitrogens is 2. The van der Waals surface area contributed by atoms with E-state index in [1.165, 1.54) is 22.9 Å². The van der Waals surface area contributed by atoms with E-state index in [0.29, 0.717) is 6.42 Å². The molecule has 8 heteroatoms. The van der Waals surface area contributed by atoms with Gasteiger partial charge in [0.15, 0.2) is 6.23 Å². The highest BCUT2D eigenvalue weighted by molar-refractivity contribution is 5.42. The summed E-state index contributed by atoms with van der Waals surface area (Å²) in [6.07, 6.45) is 0.351. The Hall–Kier alpha value is -1.74. The van der Waals surface area contributed by atoms with Crippen molar-refractivity contribution in [3.8, 4) is 0 Å².